The van der Waals surface area contributed by atoms with Gasteiger partial charge in [-0.15, -0.1) is 0 Å². The Morgan fingerprint density at radius 3 is 2.96 bits per heavy atom. The molecule has 0 saturated carbocycles. The van der Waals surface area contributed by atoms with E-state index in [2.05, 4.69) is 20.9 Å². The molecule has 0 bridgehead atoms. The van der Waals surface area contributed by atoms with Crippen LogP contribution in [0.2, 0.25) is 0 Å². The molecule has 2 aromatic rings. The number of aromatic amines is 1. The molecule has 3 rings (SSSR count). The molecule has 1 aromatic heterocycles. The lowest BCUT2D eigenvalue weighted by Gasteiger charge is -2.32. The molecule has 8 heteroatoms. The van der Waals surface area contributed by atoms with Crippen molar-refractivity contribution in [2.45, 2.75) is 12.5 Å². The summed E-state index contributed by atoms with van der Waals surface area (Å²) in [5.74, 6) is -1.69. The zero-order valence-corrected chi connectivity index (χ0v) is 13.6. The standard InChI is InChI=1S/C15H14BrFN2O4/c16-8-3-11(17)10-6-13(18-12(10)4-8)15(22)19-1-2-23-9(7-19)5-14(20)21/h3-4,6,9,18H,1-2,5,7H2,(H,20,21)/t9-/m1/s1. The minimum absolute atomic E-state index is 0.155. The van der Waals surface area contributed by atoms with E-state index in [0.29, 0.717) is 21.9 Å². The average molecular weight is 385 g/mol. The number of amides is 1. The van der Waals surface area contributed by atoms with Gasteiger partial charge in [0.1, 0.15) is 11.5 Å². The highest BCUT2D eigenvalue weighted by atomic mass is 79.9. The minimum atomic E-state index is -0.971. The summed E-state index contributed by atoms with van der Waals surface area (Å²) in [5, 5.41) is 9.16. The number of fused-ring (bicyclic) bond motifs is 1. The zero-order valence-electron chi connectivity index (χ0n) is 12.0. The molecular weight excluding hydrogens is 371 g/mol. The Kier molecular flexibility index (Phi) is 4.36. The number of carboxylic acids is 1. The first-order valence-electron chi connectivity index (χ1n) is 7.04. The van der Waals surface area contributed by atoms with Crippen LogP contribution in [-0.2, 0) is 9.53 Å². The highest BCUT2D eigenvalue weighted by Gasteiger charge is 2.27. The summed E-state index contributed by atoms with van der Waals surface area (Å²) >= 11 is 3.21. The van der Waals surface area contributed by atoms with Crippen LogP contribution >= 0.6 is 15.9 Å². The molecule has 1 aliphatic rings. The predicted octanol–water partition coefficient (Wildman–Crippen LogP) is 2.39. The van der Waals surface area contributed by atoms with Gasteiger partial charge in [0.05, 0.1) is 24.6 Å². The van der Waals surface area contributed by atoms with Crippen molar-refractivity contribution in [2.75, 3.05) is 19.7 Å². The van der Waals surface area contributed by atoms with E-state index in [1.54, 1.807) is 6.07 Å². The second-order valence-electron chi connectivity index (χ2n) is 5.37. The van der Waals surface area contributed by atoms with Crippen molar-refractivity contribution in [3.63, 3.8) is 0 Å². The molecule has 1 saturated heterocycles. The Morgan fingerprint density at radius 2 is 2.22 bits per heavy atom. The van der Waals surface area contributed by atoms with Crippen molar-refractivity contribution in [1.29, 1.82) is 0 Å². The summed E-state index contributed by atoms with van der Waals surface area (Å²) in [6.45, 7) is 0.854. The molecule has 0 unspecified atom stereocenters. The number of carbonyl (C=O) groups excluding carboxylic acids is 1. The lowest BCUT2D eigenvalue weighted by molar-refractivity contribution is -0.141. The SMILES string of the molecule is O=C(O)C[C@@H]1CN(C(=O)c2cc3c(F)cc(Br)cc3[nH]2)CCO1. The number of carbonyl (C=O) groups is 2. The molecule has 1 amide bonds. The summed E-state index contributed by atoms with van der Waals surface area (Å²) in [6, 6.07) is 4.50. The summed E-state index contributed by atoms with van der Waals surface area (Å²) in [5.41, 5.74) is 0.795. The molecule has 2 N–H and O–H groups in total. The first kappa shape index (κ1) is 15.9. The Balaban J connectivity index is 1.82. The van der Waals surface area contributed by atoms with Gasteiger partial charge in [-0.05, 0) is 18.2 Å². The number of ether oxygens (including phenoxy) is 1. The zero-order chi connectivity index (χ0) is 16.6. The van der Waals surface area contributed by atoms with E-state index in [4.69, 9.17) is 9.84 Å². The number of nitrogens with zero attached hydrogens (tertiary/aromatic N) is 1. The van der Waals surface area contributed by atoms with Crippen LogP contribution in [0.3, 0.4) is 0 Å². The van der Waals surface area contributed by atoms with Gasteiger partial charge in [0.25, 0.3) is 5.91 Å². The second-order valence-corrected chi connectivity index (χ2v) is 6.29. The van der Waals surface area contributed by atoms with Crippen LogP contribution in [0.15, 0.2) is 22.7 Å². The molecule has 1 aromatic carbocycles. The van der Waals surface area contributed by atoms with Crippen LogP contribution in [0, 0.1) is 5.82 Å². The molecular formula is C15H14BrFN2O4. The maximum absolute atomic E-state index is 13.9. The number of carboxylic acid groups (broad SMARTS) is 1. The van der Waals surface area contributed by atoms with E-state index in [9.17, 15) is 14.0 Å². The molecule has 1 atom stereocenters. The lowest BCUT2D eigenvalue weighted by atomic mass is 10.2. The topological polar surface area (TPSA) is 82.6 Å². The molecule has 0 aliphatic carbocycles. The normalized spacial score (nSPS) is 18.3. The Morgan fingerprint density at radius 1 is 1.43 bits per heavy atom. The highest BCUT2D eigenvalue weighted by molar-refractivity contribution is 9.10. The summed E-state index contributed by atoms with van der Waals surface area (Å²) < 4.78 is 19.8. The minimum Gasteiger partial charge on any atom is -0.481 e. The second kappa shape index (κ2) is 6.29. The van der Waals surface area contributed by atoms with E-state index < -0.39 is 17.9 Å². The van der Waals surface area contributed by atoms with Gasteiger partial charge in [-0.2, -0.15) is 0 Å². The third kappa shape index (κ3) is 3.37. The monoisotopic (exact) mass is 384 g/mol. The van der Waals surface area contributed by atoms with Gasteiger partial charge in [0.15, 0.2) is 0 Å². The van der Waals surface area contributed by atoms with E-state index >= 15 is 0 Å². The van der Waals surface area contributed by atoms with Crippen molar-refractivity contribution in [3.8, 4) is 0 Å². The van der Waals surface area contributed by atoms with Crippen LogP contribution in [-0.4, -0.2) is 52.7 Å². The third-order valence-corrected chi connectivity index (χ3v) is 4.17. The van der Waals surface area contributed by atoms with Gasteiger partial charge in [-0.1, -0.05) is 15.9 Å². The van der Waals surface area contributed by atoms with E-state index in [1.165, 1.54) is 17.0 Å². The van der Waals surface area contributed by atoms with Crippen LogP contribution in [0.25, 0.3) is 10.9 Å². The number of H-pyrrole nitrogens is 1. The van der Waals surface area contributed by atoms with E-state index in [0.717, 1.165) is 0 Å². The van der Waals surface area contributed by atoms with Crippen LogP contribution in [0.1, 0.15) is 16.9 Å². The van der Waals surface area contributed by atoms with E-state index in [-0.39, 0.29) is 31.2 Å². The number of halogens is 2. The Hall–Kier alpha value is -1.93. The van der Waals surface area contributed by atoms with Crippen LogP contribution in [0.4, 0.5) is 4.39 Å². The van der Waals surface area contributed by atoms with Gasteiger partial charge in [0.2, 0.25) is 0 Å². The fourth-order valence-electron chi connectivity index (χ4n) is 2.67. The fraction of sp³-hybridized carbons (Fsp3) is 0.333. The maximum atomic E-state index is 13.9. The number of rotatable bonds is 3. The third-order valence-electron chi connectivity index (χ3n) is 3.71. The van der Waals surface area contributed by atoms with Crippen LogP contribution < -0.4 is 0 Å². The molecule has 0 spiro atoms. The smallest absolute Gasteiger partial charge is 0.306 e. The van der Waals surface area contributed by atoms with Crippen molar-refractivity contribution >= 4 is 38.7 Å². The van der Waals surface area contributed by atoms with Crippen LogP contribution in [0.5, 0.6) is 0 Å². The van der Waals surface area contributed by atoms with Crippen molar-refractivity contribution in [3.05, 3.63) is 34.2 Å². The molecule has 2 heterocycles. The quantitative estimate of drug-likeness (QED) is 0.850. The maximum Gasteiger partial charge on any atom is 0.306 e. The largest absolute Gasteiger partial charge is 0.481 e. The summed E-state index contributed by atoms with van der Waals surface area (Å²) in [4.78, 5) is 27.8. The number of hydrogen-bond donors (Lipinski definition) is 2. The molecule has 122 valence electrons. The number of hydrogen-bond acceptors (Lipinski definition) is 3. The van der Waals surface area contributed by atoms with Crippen molar-refractivity contribution in [2.24, 2.45) is 0 Å². The van der Waals surface area contributed by atoms with Crippen molar-refractivity contribution < 1.29 is 23.8 Å². The van der Waals surface area contributed by atoms with Gasteiger partial charge in [-0.25, -0.2) is 4.39 Å². The molecule has 6 nitrogen and oxygen atoms in total. The molecule has 1 fully saturated rings. The number of benzene rings is 1. The number of nitrogens with one attached hydrogen (secondary N) is 1. The average Bonchev–Trinajstić information content (AvgIpc) is 2.90. The molecule has 23 heavy (non-hydrogen) atoms. The Bertz CT molecular complexity index is 776. The number of morpholine rings is 1. The number of aliphatic carboxylic acids is 1. The predicted molar refractivity (Wildman–Crippen MR) is 83.9 cm³/mol. The van der Waals surface area contributed by atoms with Crippen molar-refractivity contribution in [1.82, 2.24) is 9.88 Å². The van der Waals surface area contributed by atoms with Gasteiger partial charge in [-0.3, -0.25) is 9.59 Å². The Labute approximate surface area is 139 Å². The molecule has 0 radical (unpaired) electrons. The fourth-order valence-corrected chi connectivity index (χ4v) is 3.10. The first-order chi connectivity index (χ1) is 10.9. The summed E-state index contributed by atoms with van der Waals surface area (Å²) in [6.07, 6.45) is -0.682. The first-order valence-corrected chi connectivity index (χ1v) is 7.84. The van der Waals surface area contributed by atoms with Gasteiger partial charge >= 0.3 is 5.97 Å². The number of aromatic nitrogens is 1. The van der Waals surface area contributed by atoms with Gasteiger partial charge < -0.3 is 19.7 Å². The summed E-state index contributed by atoms with van der Waals surface area (Å²) in [7, 11) is 0. The molecule has 1 aliphatic heterocycles. The highest BCUT2D eigenvalue weighted by Crippen LogP contribution is 2.25. The van der Waals surface area contributed by atoms with E-state index in [1.807, 2.05) is 0 Å². The van der Waals surface area contributed by atoms with Gasteiger partial charge in [0, 0.05) is 22.9 Å². The lowest BCUT2D eigenvalue weighted by Crippen LogP contribution is -2.46.